The first kappa shape index (κ1) is 31.1. The molecule has 2 heteroatoms. The lowest BCUT2D eigenvalue weighted by Gasteiger charge is -2.27. The van der Waals surface area contributed by atoms with Gasteiger partial charge in [0.1, 0.15) is 0 Å². The Morgan fingerprint density at radius 2 is 0.607 bits per heavy atom. The first-order valence-electron chi connectivity index (χ1n) is 13.1. The van der Waals surface area contributed by atoms with Crippen LogP contribution in [0.5, 0.6) is 0 Å². The van der Waals surface area contributed by atoms with E-state index in [9.17, 15) is 0 Å². The molecule has 28 heavy (non-hydrogen) atoms. The summed E-state index contributed by atoms with van der Waals surface area (Å²) in [6, 6.07) is 0. The van der Waals surface area contributed by atoms with Crippen LogP contribution < -0.4 is 17.0 Å². The maximum Gasteiger partial charge on any atom is 0.0594 e. The van der Waals surface area contributed by atoms with E-state index in [1.165, 1.54) is 103 Å². The number of hydrogen-bond acceptors (Lipinski definition) is 0. The highest BCUT2D eigenvalue weighted by Gasteiger charge is 2.33. The second-order valence-electron chi connectivity index (χ2n) is 9.19. The molecule has 0 aromatic carbocycles. The van der Waals surface area contributed by atoms with Crippen LogP contribution >= 0.6 is 7.26 Å². The van der Waals surface area contributed by atoms with E-state index in [2.05, 4.69) is 27.7 Å². The molecule has 0 amide bonds. The Morgan fingerprint density at radius 3 is 0.893 bits per heavy atom. The van der Waals surface area contributed by atoms with E-state index in [0.717, 1.165) is 0 Å². The zero-order chi connectivity index (χ0) is 20.1. The normalized spacial score (nSPS) is 11.6. The number of unbranched alkanes of at least 4 members (excludes halogenated alkanes) is 14. The van der Waals surface area contributed by atoms with Crippen molar-refractivity contribution in [3.63, 3.8) is 0 Å². The summed E-state index contributed by atoms with van der Waals surface area (Å²) in [5.41, 5.74) is 0. The van der Waals surface area contributed by atoms with Crippen molar-refractivity contribution in [3.8, 4) is 0 Å². The lowest BCUT2D eigenvalue weighted by molar-refractivity contribution is -0.00000625. The van der Waals surface area contributed by atoms with Crippen molar-refractivity contribution in [1.29, 1.82) is 0 Å². The van der Waals surface area contributed by atoms with Crippen LogP contribution in [0.4, 0.5) is 0 Å². The highest BCUT2D eigenvalue weighted by atomic mass is 79.9. The first-order valence-corrected chi connectivity index (χ1v) is 15.6. The van der Waals surface area contributed by atoms with Crippen molar-refractivity contribution in [2.24, 2.45) is 0 Å². The van der Waals surface area contributed by atoms with Gasteiger partial charge in [-0.1, -0.05) is 105 Å². The maximum absolute atomic E-state index is 2.44. The third kappa shape index (κ3) is 18.9. The summed E-state index contributed by atoms with van der Waals surface area (Å²) in [5.74, 6) is 0. The maximum atomic E-state index is 2.44. The van der Waals surface area contributed by atoms with Crippen molar-refractivity contribution in [1.82, 2.24) is 0 Å². The van der Waals surface area contributed by atoms with Crippen LogP contribution in [0.3, 0.4) is 0 Å². The van der Waals surface area contributed by atoms with Crippen LogP contribution in [0, 0.1) is 0 Å². The topological polar surface area (TPSA) is 0 Å². The fourth-order valence-corrected chi connectivity index (χ4v) is 9.81. The van der Waals surface area contributed by atoms with Crippen molar-refractivity contribution >= 4 is 7.26 Å². The molecule has 0 unspecified atom stereocenters. The van der Waals surface area contributed by atoms with E-state index in [1.54, 1.807) is 37.5 Å². The van der Waals surface area contributed by atoms with Crippen LogP contribution in [0.25, 0.3) is 0 Å². The molecule has 0 saturated heterocycles. The van der Waals surface area contributed by atoms with Gasteiger partial charge in [-0.05, 0) is 38.5 Å². The van der Waals surface area contributed by atoms with Crippen LogP contribution in [-0.4, -0.2) is 24.6 Å². The Labute approximate surface area is 191 Å². The Hall–Kier alpha value is 0.910. The molecule has 0 radical (unpaired) electrons. The largest absolute Gasteiger partial charge is 1.00 e. The molecule has 0 spiro atoms. The zero-order valence-electron chi connectivity index (χ0n) is 20.4. The molecule has 0 bridgehead atoms. The molecule has 0 fully saturated rings. The van der Waals surface area contributed by atoms with E-state index in [1.807, 2.05) is 0 Å². The monoisotopic (exact) mass is 478 g/mol. The van der Waals surface area contributed by atoms with Gasteiger partial charge < -0.3 is 17.0 Å². The minimum atomic E-state index is -0.629. The second kappa shape index (κ2) is 24.2. The van der Waals surface area contributed by atoms with Crippen LogP contribution in [-0.2, 0) is 0 Å². The molecular formula is C26H56BrP. The van der Waals surface area contributed by atoms with Gasteiger partial charge in [0, 0.05) is 7.26 Å². The van der Waals surface area contributed by atoms with Gasteiger partial charge in [0.05, 0.1) is 24.6 Å². The van der Waals surface area contributed by atoms with Crippen LogP contribution in [0.15, 0.2) is 0 Å². The lowest BCUT2D eigenvalue weighted by atomic mass is 10.1. The van der Waals surface area contributed by atoms with Gasteiger partial charge in [-0.2, -0.15) is 0 Å². The second-order valence-corrected chi connectivity index (χ2v) is 13.7. The van der Waals surface area contributed by atoms with Gasteiger partial charge in [-0.15, -0.1) is 0 Å². The molecule has 0 nitrogen and oxygen atoms in total. The van der Waals surface area contributed by atoms with Crippen LogP contribution in [0.2, 0.25) is 0 Å². The Kier molecular flexibility index (Phi) is 26.9. The Morgan fingerprint density at radius 1 is 0.321 bits per heavy atom. The Balaban J connectivity index is 0. The molecule has 0 saturated carbocycles. The van der Waals surface area contributed by atoms with Gasteiger partial charge in [0.2, 0.25) is 0 Å². The highest BCUT2D eigenvalue weighted by Crippen LogP contribution is 2.61. The van der Waals surface area contributed by atoms with Gasteiger partial charge in [-0.3, -0.25) is 0 Å². The Bertz CT molecular complexity index is 252. The minimum Gasteiger partial charge on any atom is -1.00 e. The molecule has 0 heterocycles. The molecule has 0 aliphatic heterocycles. The van der Waals surface area contributed by atoms with Crippen molar-refractivity contribution in [3.05, 3.63) is 0 Å². The zero-order valence-corrected chi connectivity index (χ0v) is 22.9. The van der Waals surface area contributed by atoms with E-state index in [0.29, 0.717) is 0 Å². The van der Waals surface area contributed by atoms with Gasteiger partial charge in [0.15, 0.2) is 0 Å². The fourth-order valence-electron chi connectivity index (χ4n) is 4.78. The number of hydrogen-bond donors (Lipinski definition) is 0. The average molecular weight is 480 g/mol. The molecule has 0 aliphatic rings. The third-order valence-corrected chi connectivity index (χ3v) is 11.7. The van der Waals surface area contributed by atoms with E-state index in [4.69, 9.17) is 0 Å². The van der Waals surface area contributed by atoms with Gasteiger partial charge >= 0.3 is 0 Å². The molecule has 0 aromatic heterocycles. The quantitative estimate of drug-likeness (QED) is 0.115. The minimum absolute atomic E-state index is 0. The summed E-state index contributed by atoms with van der Waals surface area (Å²) in [6.07, 6.45) is 32.9. The van der Waals surface area contributed by atoms with Gasteiger partial charge in [0.25, 0.3) is 0 Å². The van der Waals surface area contributed by atoms with E-state index < -0.39 is 7.26 Å². The predicted octanol–water partition coefficient (Wildman–Crippen LogP) is 7.11. The van der Waals surface area contributed by atoms with E-state index >= 15 is 0 Å². The molecular weight excluding hydrogens is 423 g/mol. The molecule has 0 aromatic rings. The summed E-state index contributed by atoms with van der Waals surface area (Å²) in [7, 11) is -0.629. The molecule has 0 N–H and O–H groups in total. The summed E-state index contributed by atoms with van der Waals surface area (Å²) in [6.45, 7) is 9.51. The standard InChI is InChI=1S/C26H56P.BrH/c1-5-9-11-13-15-17-19-21-25-27(23-7-3,24-8-4)26-22-20-18-16-14-12-10-6-2;/h5-26H2,1-4H3;1H/q+1;/p-1. The number of halogens is 1. The number of rotatable bonds is 22. The summed E-state index contributed by atoms with van der Waals surface area (Å²) >= 11 is 0. The third-order valence-electron chi connectivity index (χ3n) is 6.37. The van der Waals surface area contributed by atoms with Crippen molar-refractivity contribution in [2.45, 2.75) is 143 Å². The summed E-state index contributed by atoms with van der Waals surface area (Å²) < 4.78 is 0. The van der Waals surface area contributed by atoms with Crippen molar-refractivity contribution in [2.75, 3.05) is 24.6 Å². The van der Waals surface area contributed by atoms with Crippen molar-refractivity contribution < 1.29 is 17.0 Å². The molecule has 0 aliphatic carbocycles. The summed E-state index contributed by atoms with van der Waals surface area (Å²) in [4.78, 5) is 0. The predicted molar refractivity (Wildman–Crippen MR) is 132 cm³/mol. The fraction of sp³-hybridized carbons (Fsp3) is 1.00. The first-order chi connectivity index (χ1) is 13.2. The van der Waals surface area contributed by atoms with Gasteiger partial charge in [-0.25, -0.2) is 0 Å². The van der Waals surface area contributed by atoms with Crippen LogP contribution in [0.1, 0.15) is 143 Å². The molecule has 0 atom stereocenters. The molecule has 172 valence electrons. The molecule has 0 rings (SSSR count). The summed E-state index contributed by atoms with van der Waals surface area (Å²) in [5, 5.41) is 0. The van der Waals surface area contributed by atoms with E-state index in [-0.39, 0.29) is 17.0 Å². The lowest BCUT2D eigenvalue weighted by Crippen LogP contribution is -3.00. The SMILES string of the molecule is CCCCCCCCCC[P+](CCC)(CCC)CCCCCCCCCC.[Br-]. The average Bonchev–Trinajstić information content (AvgIpc) is 2.66. The smallest absolute Gasteiger partial charge is 0.0594 e. The highest BCUT2D eigenvalue weighted by molar-refractivity contribution is 7.75.